The number of halogens is 1. The second-order valence-corrected chi connectivity index (χ2v) is 7.05. The standard InChI is InChI=1S/C15H19FN2O2S/c1-15(6-3-7-21-15)10-18-13(19)9-17-14(20)11-4-2-5-12(16)8-11/h2,4-5,8H,3,6-7,9-10H2,1H3,(H,17,20)(H,18,19). The van der Waals surface area contributed by atoms with E-state index in [9.17, 15) is 14.0 Å². The van der Waals surface area contributed by atoms with E-state index in [2.05, 4.69) is 17.6 Å². The minimum atomic E-state index is -0.474. The first-order chi connectivity index (χ1) is 9.98. The molecular formula is C15H19FN2O2S. The van der Waals surface area contributed by atoms with Crippen LogP contribution in [-0.2, 0) is 4.79 Å². The number of hydrogen-bond donors (Lipinski definition) is 2. The predicted octanol–water partition coefficient (Wildman–Crippen LogP) is 1.96. The zero-order chi connectivity index (χ0) is 15.3. The number of benzene rings is 1. The highest BCUT2D eigenvalue weighted by molar-refractivity contribution is 8.00. The molecule has 6 heteroatoms. The van der Waals surface area contributed by atoms with Crippen LogP contribution in [0.4, 0.5) is 4.39 Å². The summed E-state index contributed by atoms with van der Waals surface area (Å²) in [6, 6.07) is 5.38. The molecular weight excluding hydrogens is 291 g/mol. The van der Waals surface area contributed by atoms with E-state index in [0.717, 1.165) is 18.2 Å². The molecule has 1 aromatic rings. The average Bonchev–Trinajstić information content (AvgIpc) is 2.90. The van der Waals surface area contributed by atoms with Gasteiger partial charge in [-0.1, -0.05) is 6.07 Å². The van der Waals surface area contributed by atoms with Crippen molar-refractivity contribution in [2.75, 3.05) is 18.8 Å². The Hall–Kier alpha value is -1.56. The molecule has 1 saturated heterocycles. The van der Waals surface area contributed by atoms with Crippen LogP contribution in [0.3, 0.4) is 0 Å². The van der Waals surface area contributed by atoms with Crippen molar-refractivity contribution in [2.24, 2.45) is 0 Å². The molecule has 1 fully saturated rings. The second kappa shape index (κ2) is 6.93. The molecule has 1 aliphatic rings. The normalized spacial score (nSPS) is 21.0. The number of thioether (sulfide) groups is 1. The van der Waals surface area contributed by atoms with E-state index in [0.29, 0.717) is 6.54 Å². The first-order valence-corrected chi connectivity index (χ1v) is 7.91. The van der Waals surface area contributed by atoms with E-state index in [-0.39, 0.29) is 22.8 Å². The Balaban J connectivity index is 1.75. The molecule has 0 aliphatic carbocycles. The number of amides is 2. The minimum Gasteiger partial charge on any atom is -0.353 e. The fourth-order valence-corrected chi connectivity index (χ4v) is 3.46. The molecule has 0 bridgehead atoms. The van der Waals surface area contributed by atoms with Crippen molar-refractivity contribution < 1.29 is 14.0 Å². The van der Waals surface area contributed by atoms with Crippen molar-refractivity contribution in [1.29, 1.82) is 0 Å². The van der Waals surface area contributed by atoms with Gasteiger partial charge in [-0.3, -0.25) is 9.59 Å². The summed E-state index contributed by atoms with van der Waals surface area (Å²) in [5, 5.41) is 5.32. The third kappa shape index (κ3) is 4.74. The van der Waals surface area contributed by atoms with Crippen LogP contribution in [0, 0.1) is 5.82 Å². The molecule has 0 aromatic heterocycles. The fourth-order valence-electron chi connectivity index (χ4n) is 2.22. The maximum absolute atomic E-state index is 13.0. The molecule has 21 heavy (non-hydrogen) atoms. The van der Waals surface area contributed by atoms with Crippen molar-refractivity contribution in [2.45, 2.75) is 24.5 Å². The molecule has 0 saturated carbocycles. The summed E-state index contributed by atoms with van der Waals surface area (Å²) >= 11 is 1.87. The van der Waals surface area contributed by atoms with Gasteiger partial charge >= 0.3 is 0 Å². The Kier molecular flexibility index (Phi) is 5.22. The Morgan fingerprint density at radius 1 is 1.38 bits per heavy atom. The lowest BCUT2D eigenvalue weighted by Gasteiger charge is -2.22. The molecule has 1 unspecified atom stereocenters. The van der Waals surface area contributed by atoms with Crippen LogP contribution in [0.5, 0.6) is 0 Å². The SMILES string of the molecule is CC1(CNC(=O)CNC(=O)c2cccc(F)c2)CCCS1. The van der Waals surface area contributed by atoms with Crippen LogP contribution in [0.15, 0.2) is 24.3 Å². The van der Waals surface area contributed by atoms with Crippen LogP contribution in [0.2, 0.25) is 0 Å². The number of nitrogens with one attached hydrogen (secondary N) is 2. The maximum atomic E-state index is 13.0. The summed E-state index contributed by atoms with van der Waals surface area (Å²) < 4.78 is 13.1. The summed E-state index contributed by atoms with van der Waals surface area (Å²) in [5.41, 5.74) is 0.209. The molecule has 1 aromatic carbocycles. The summed E-state index contributed by atoms with van der Waals surface area (Å²) in [6.45, 7) is 2.64. The predicted molar refractivity (Wildman–Crippen MR) is 81.8 cm³/mol. The monoisotopic (exact) mass is 310 g/mol. The van der Waals surface area contributed by atoms with Crippen molar-refractivity contribution in [3.8, 4) is 0 Å². The van der Waals surface area contributed by atoms with Crippen molar-refractivity contribution in [1.82, 2.24) is 10.6 Å². The third-order valence-corrected chi connectivity index (χ3v) is 4.99. The van der Waals surface area contributed by atoms with Gasteiger partial charge in [0.05, 0.1) is 6.54 Å². The molecule has 114 valence electrons. The molecule has 0 radical (unpaired) electrons. The minimum absolute atomic E-state index is 0.0994. The lowest BCUT2D eigenvalue weighted by atomic mass is 10.1. The van der Waals surface area contributed by atoms with Crippen LogP contribution < -0.4 is 10.6 Å². The Morgan fingerprint density at radius 2 is 2.19 bits per heavy atom. The number of carbonyl (C=O) groups is 2. The summed E-state index contributed by atoms with van der Waals surface area (Å²) in [6.07, 6.45) is 2.26. The van der Waals surface area contributed by atoms with Crippen LogP contribution in [0.25, 0.3) is 0 Å². The lowest BCUT2D eigenvalue weighted by molar-refractivity contribution is -0.120. The molecule has 1 aliphatic heterocycles. The Morgan fingerprint density at radius 3 is 2.86 bits per heavy atom. The highest BCUT2D eigenvalue weighted by Gasteiger charge is 2.29. The van der Waals surface area contributed by atoms with Gasteiger partial charge < -0.3 is 10.6 Å². The van der Waals surface area contributed by atoms with Crippen molar-refractivity contribution >= 4 is 23.6 Å². The van der Waals surface area contributed by atoms with E-state index in [4.69, 9.17) is 0 Å². The molecule has 4 nitrogen and oxygen atoms in total. The van der Waals surface area contributed by atoms with Crippen molar-refractivity contribution in [3.63, 3.8) is 0 Å². The summed E-state index contributed by atoms with van der Waals surface area (Å²) in [4.78, 5) is 23.5. The summed E-state index contributed by atoms with van der Waals surface area (Å²) in [7, 11) is 0. The molecule has 1 atom stereocenters. The van der Waals surface area contributed by atoms with Crippen LogP contribution >= 0.6 is 11.8 Å². The van der Waals surface area contributed by atoms with Gasteiger partial charge in [0.1, 0.15) is 5.82 Å². The second-order valence-electron chi connectivity index (χ2n) is 5.37. The molecule has 1 heterocycles. The van der Waals surface area contributed by atoms with Gasteiger partial charge in [-0.15, -0.1) is 0 Å². The van der Waals surface area contributed by atoms with Gasteiger partial charge in [0.2, 0.25) is 5.91 Å². The first-order valence-electron chi connectivity index (χ1n) is 6.93. The van der Waals surface area contributed by atoms with Gasteiger partial charge in [0.15, 0.2) is 0 Å². The highest BCUT2D eigenvalue weighted by Crippen LogP contribution is 2.36. The van der Waals surface area contributed by atoms with Gasteiger partial charge in [-0.2, -0.15) is 11.8 Å². The highest BCUT2D eigenvalue weighted by atomic mass is 32.2. The lowest BCUT2D eigenvalue weighted by Crippen LogP contribution is -2.42. The van der Waals surface area contributed by atoms with Crippen LogP contribution in [-0.4, -0.2) is 35.4 Å². The molecule has 0 spiro atoms. The maximum Gasteiger partial charge on any atom is 0.251 e. The van der Waals surface area contributed by atoms with Gasteiger partial charge in [0, 0.05) is 16.9 Å². The van der Waals surface area contributed by atoms with Gasteiger partial charge in [-0.25, -0.2) is 4.39 Å². The molecule has 2 rings (SSSR count). The van der Waals surface area contributed by atoms with Crippen LogP contribution in [0.1, 0.15) is 30.1 Å². The van der Waals surface area contributed by atoms with E-state index in [1.807, 2.05) is 11.8 Å². The zero-order valence-corrected chi connectivity index (χ0v) is 12.8. The fraction of sp³-hybridized carbons (Fsp3) is 0.467. The van der Waals surface area contributed by atoms with E-state index >= 15 is 0 Å². The number of carbonyl (C=O) groups excluding carboxylic acids is 2. The third-order valence-electron chi connectivity index (χ3n) is 3.46. The molecule has 2 N–H and O–H groups in total. The number of rotatable bonds is 5. The summed E-state index contributed by atoms with van der Waals surface area (Å²) in [5.74, 6) is -0.0271. The van der Waals surface area contributed by atoms with Gasteiger partial charge in [-0.05, 0) is 43.7 Å². The smallest absolute Gasteiger partial charge is 0.251 e. The first kappa shape index (κ1) is 15.8. The van der Waals surface area contributed by atoms with Gasteiger partial charge in [0.25, 0.3) is 5.91 Å². The van der Waals surface area contributed by atoms with E-state index in [1.54, 1.807) is 0 Å². The van der Waals surface area contributed by atoms with Crippen molar-refractivity contribution in [3.05, 3.63) is 35.6 Å². The Labute approximate surface area is 127 Å². The zero-order valence-electron chi connectivity index (χ0n) is 11.9. The van der Waals surface area contributed by atoms with E-state index < -0.39 is 11.7 Å². The average molecular weight is 310 g/mol. The Bertz CT molecular complexity index is 530. The topological polar surface area (TPSA) is 58.2 Å². The number of hydrogen-bond acceptors (Lipinski definition) is 3. The van der Waals surface area contributed by atoms with E-state index in [1.165, 1.54) is 24.6 Å². The largest absolute Gasteiger partial charge is 0.353 e. The quantitative estimate of drug-likeness (QED) is 0.874. The molecule has 2 amide bonds.